The standard InChI is InChI=1S/C17H21BrO3/c1-21-17(20)14(10-12-6-8-15(18)9-7-12)11-16(19)13-4-2-3-5-13/h6-9,13-14H,2-5,10-11H2,1H3/t14-/m1/s1. The van der Waals surface area contributed by atoms with Crippen molar-refractivity contribution in [1.82, 2.24) is 0 Å². The van der Waals surface area contributed by atoms with E-state index in [1.165, 1.54) is 7.11 Å². The first-order valence-corrected chi connectivity index (χ1v) is 8.24. The smallest absolute Gasteiger partial charge is 0.309 e. The van der Waals surface area contributed by atoms with Gasteiger partial charge in [0.25, 0.3) is 0 Å². The zero-order valence-corrected chi connectivity index (χ0v) is 13.9. The maximum Gasteiger partial charge on any atom is 0.309 e. The minimum Gasteiger partial charge on any atom is -0.469 e. The van der Waals surface area contributed by atoms with E-state index >= 15 is 0 Å². The van der Waals surface area contributed by atoms with Gasteiger partial charge in [-0.05, 0) is 37.0 Å². The van der Waals surface area contributed by atoms with Crippen molar-refractivity contribution < 1.29 is 14.3 Å². The molecule has 2 rings (SSSR count). The molecule has 0 radical (unpaired) electrons. The Hall–Kier alpha value is -1.16. The summed E-state index contributed by atoms with van der Waals surface area (Å²) in [5.41, 5.74) is 1.05. The largest absolute Gasteiger partial charge is 0.469 e. The number of esters is 1. The highest BCUT2D eigenvalue weighted by molar-refractivity contribution is 9.10. The second kappa shape index (κ2) is 7.74. The second-order valence-corrected chi connectivity index (χ2v) is 6.62. The van der Waals surface area contributed by atoms with Crippen molar-refractivity contribution in [2.75, 3.05) is 7.11 Å². The van der Waals surface area contributed by atoms with E-state index in [-0.39, 0.29) is 23.6 Å². The molecular weight excluding hydrogens is 332 g/mol. The monoisotopic (exact) mass is 352 g/mol. The summed E-state index contributed by atoms with van der Waals surface area (Å²) >= 11 is 3.39. The Labute approximate surface area is 134 Å². The van der Waals surface area contributed by atoms with Gasteiger partial charge in [-0.2, -0.15) is 0 Å². The highest BCUT2D eigenvalue weighted by Gasteiger charge is 2.28. The summed E-state index contributed by atoms with van der Waals surface area (Å²) < 4.78 is 5.87. The summed E-state index contributed by atoms with van der Waals surface area (Å²) in [5.74, 6) is -0.282. The molecule has 0 aromatic heterocycles. The Morgan fingerprint density at radius 2 is 1.86 bits per heavy atom. The average molecular weight is 353 g/mol. The van der Waals surface area contributed by atoms with Crippen LogP contribution in [0.1, 0.15) is 37.7 Å². The van der Waals surface area contributed by atoms with Gasteiger partial charge in [0.2, 0.25) is 0 Å². The lowest BCUT2D eigenvalue weighted by Gasteiger charge is -2.16. The lowest BCUT2D eigenvalue weighted by molar-refractivity contribution is -0.147. The number of methoxy groups -OCH3 is 1. The molecule has 1 fully saturated rings. The first-order valence-electron chi connectivity index (χ1n) is 7.45. The fourth-order valence-electron chi connectivity index (χ4n) is 2.97. The fraction of sp³-hybridized carbons (Fsp3) is 0.529. The molecule has 4 heteroatoms. The first-order chi connectivity index (χ1) is 10.1. The molecule has 0 amide bonds. The minimum atomic E-state index is -0.371. The third kappa shape index (κ3) is 4.67. The van der Waals surface area contributed by atoms with Crippen LogP contribution < -0.4 is 0 Å². The number of ketones is 1. The van der Waals surface area contributed by atoms with Gasteiger partial charge in [-0.25, -0.2) is 0 Å². The third-order valence-corrected chi connectivity index (χ3v) is 4.72. The van der Waals surface area contributed by atoms with Gasteiger partial charge < -0.3 is 4.74 Å². The van der Waals surface area contributed by atoms with Gasteiger partial charge in [-0.3, -0.25) is 9.59 Å². The normalized spacial score (nSPS) is 16.7. The van der Waals surface area contributed by atoms with Crippen LogP contribution in [0.3, 0.4) is 0 Å². The molecule has 0 saturated heterocycles. The molecule has 1 atom stereocenters. The molecule has 21 heavy (non-hydrogen) atoms. The van der Waals surface area contributed by atoms with Crippen molar-refractivity contribution in [3.63, 3.8) is 0 Å². The van der Waals surface area contributed by atoms with E-state index in [0.717, 1.165) is 35.7 Å². The van der Waals surface area contributed by atoms with Gasteiger partial charge in [-0.15, -0.1) is 0 Å². The highest BCUT2D eigenvalue weighted by Crippen LogP contribution is 2.28. The van der Waals surface area contributed by atoms with E-state index in [0.29, 0.717) is 12.8 Å². The van der Waals surface area contributed by atoms with Gasteiger partial charge in [0.05, 0.1) is 13.0 Å². The Kier molecular flexibility index (Phi) is 5.97. The van der Waals surface area contributed by atoms with Crippen molar-refractivity contribution in [1.29, 1.82) is 0 Å². The zero-order valence-electron chi connectivity index (χ0n) is 12.3. The van der Waals surface area contributed by atoms with Crippen molar-refractivity contribution in [2.24, 2.45) is 11.8 Å². The van der Waals surface area contributed by atoms with Crippen molar-refractivity contribution in [3.8, 4) is 0 Å². The minimum absolute atomic E-state index is 0.155. The summed E-state index contributed by atoms with van der Waals surface area (Å²) in [6.07, 6.45) is 5.07. The van der Waals surface area contributed by atoms with E-state index in [1.807, 2.05) is 24.3 Å². The zero-order chi connectivity index (χ0) is 15.2. The number of Topliss-reactive ketones (excluding diaryl/α,β-unsaturated/α-hetero) is 1. The van der Waals surface area contributed by atoms with Gasteiger partial charge in [-0.1, -0.05) is 40.9 Å². The average Bonchev–Trinajstić information content (AvgIpc) is 3.02. The molecule has 1 aliphatic carbocycles. The van der Waals surface area contributed by atoms with Gasteiger partial charge in [0.1, 0.15) is 5.78 Å². The number of halogens is 1. The van der Waals surface area contributed by atoms with Crippen LogP contribution in [-0.4, -0.2) is 18.9 Å². The third-order valence-electron chi connectivity index (χ3n) is 4.19. The Bertz CT molecular complexity index is 489. The molecule has 0 heterocycles. The van der Waals surface area contributed by atoms with Crippen molar-refractivity contribution in [2.45, 2.75) is 38.5 Å². The van der Waals surface area contributed by atoms with Gasteiger partial charge in [0.15, 0.2) is 0 Å². The Balaban J connectivity index is 2.01. The SMILES string of the molecule is COC(=O)[C@@H](CC(=O)C1CCCC1)Cc1ccc(Br)cc1. The topological polar surface area (TPSA) is 43.4 Å². The number of carbonyl (C=O) groups is 2. The number of carbonyl (C=O) groups excluding carboxylic acids is 2. The molecule has 3 nitrogen and oxygen atoms in total. The van der Waals surface area contributed by atoms with E-state index < -0.39 is 0 Å². The van der Waals surface area contributed by atoms with Crippen molar-refractivity contribution in [3.05, 3.63) is 34.3 Å². The molecule has 1 aromatic carbocycles. The number of ether oxygens (including phenoxy) is 1. The van der Waals surface area contributed by atoms with E-state index in [4.69, 9.17) is 4.74 Å². The molecule has 1 aromatic rings. The molecule has 0 unspecified atom stereocenters. The van der Waals surface area contributed by atoms with E-state index in [1.54, 1.807) is 0 Å². The van der Waals surface area contributed by atoms with Crippen LogP contribution >= 0.6 is 15.9 Å². The van der Waals surface area contributed by atoms with Crippen LogP contribution in [0.4, 0.5) is 0 Å². The number of hydrogen-bond donors (Lipinski definition) is 0. The van der Waals surface area contributed by atoms with Gasteiger partial charge in [0, 0.05) is 16.8 Å². The molecule has 1 aliphatic rings. The van der Waals surface area contributed by atoms with Crippen LogP contribution in [0.5, 0.6) is 0 Å². The summed E-state index contributed by atoms with van der Waals surface area (Å²) in [4.78, 5) is 24.3. The molecule has 114 valence electrons. The van der Waals surface area contributed by atoms with Crippen LogP contribution in [0.15, 0.2) is 28.7 Å². The lowest BCUT2D eigenvalue weighted by atomic mass is 9.89. The van der Waals surface area contributed by atoms with E-state index in [9.17, 15) is 9.59 Å². The van der Waals surface area contributed by atoms with E-state index in [2.05, 4.69) is 15.9 Å². The fourth-order valence-corrected chi connectivity index (χ4v) is 3.23. The number of benzene rings is 1. The second-order valence-electron chi connectivity index (χ2n) is 5.70. The quantitative estimate of drug-likeness (QED) is 0.728. The van der Waals surface area contributed by atoms with Crippen LogP contribution in [0.2, 0.25) is 0 Å². The number of hydrogen-bond acceptors (Lipinski definition) is 3. The van der Waals surface area contributed by atoms with Gasteiger partial charge >= 0.3 is 5.97 Å². The maximum absolute atomic E-state index is 12.3. The van der Waals surface area contributed by atoms with Crippen molar-refractivity contribution >= 4 is 27.7 Å². The predicted molar refractivity (Wildman–Crippen MR) is 84.9 cm³/mol. The molecule has 0 spiro atoms. The first kappa shape index (κ1) is 16.2. The maximum atomic E-state index is 12.3. The lowest BCUT2D eigenvalue weighted by Crippen LogP contribution is -2.24. The Morgan fingerprint density at radius 1 is 1.24 bits per heavy atom. The molecular formula is C17H21BrO3. The molecule has 1 saturated carbocycles. The molecule has 0 aliphatic heterocycles. The predicted octanol–water partition coefficient (Wildman–Crippen LogP) is 3.93. The molecule has 0 bridgehead atoms. The van der Waals surface area contributed by atoms with Crippen LogP contribution in [0, 0.1) is 11.8 Å². The highest BCUT2D eigenvalue weighted by atomic mass is 79.9. The summed E-state index contributed by atoms with van der Waals surface area (Å²) in [5, 5.41) is 0. The number of rotatable bonds is 6. The summed E-state index contributed by atoms with van der Waals surface area (Å²) in [6, 6.07) is 7.84. The van der Waals surface area contributed by atoms with Crippen LogP contribution in [-0.2, 0) is 20.7 Å². The van der Waals surface area contributed by atoms with Crippen LogP contribution in [0.25, 0.3) is 0 Å². The summed E-state index contributed by atoms with van der Waals surface area (Å²) in [7, 11) is 1.39. The summed E-state index contributed by atoms with van der Waals surface area (Å²) in [6.45, 7) is 0. The molecule has 0 N–H and O–H groups in total. The Morgan fingerprint density at radius 3 is 2.43 bits per heavy atom.